The Morgan fingerprint density at radius 2 is 1.74 bits per heavy atom. The first-order chi connectivity index (χ1) is 13.1. The highest BCUT2D eigenvalue weighted by molar-refractivity contribution is 6.11. The molecule has 0 unspecified atom stereocenters. The second-order valence-electron chi connectivity index (χ2n) is 7.13. The fourth-order valence-corrected chi connectivity index (χ4v) is 4.25. The van der Waals surface area contributed by atoms with E-state index >= 15 is 0 Å². The lowest BCUT2D eigenvalue weighted by Gasteiger charge is -2.30. The number of benzene rings is 2. The van der Waals surface area contributed by atoms with Crippen molar-refractivity contribution < 1.29 is 9.53 Å². The van der Waals surface area contributed by atoms with E-state index in [1.165, 1.54) is 10.9 Å². The number of nitrogens with two attached hydrogens (primary N) is 2. The summed E-state index contributed by atoms with van der Waals surface area (Å²) >= 11 is 0. The topological polar surface area (TPSA) is 95.6 Å². The van der Waals surface area contributed by atoms with Crippen molar-refractivity contribution in [2.24, 2.45) is 16.5 Å². The highest BCUT2D eigenvalue weighted by Gasteiger charge is 2.25. The highest BCUT2D eigenvalue weighted by atomic mass is 16.5. The molecule has 140 valence electrons. The molecule has 0 atom stereocenters. The first-order valence-corrected chi connectivity index (χ1v) is 9.28. The minimum atomic E-state index is -0.420. The zero-order valence-corrected chi connectivity index (χ0v) is 15.4. The number of aromatic nitrogens is 1. The fraction of sp³-hybridized carbons (Fsp3) is 0.333. The maximum absolute atomic E-state index is 12.3. The normalized spacial score (nSPS) is 20.0. The van der Waals surface area contributed by atoms with Crippen LogP contribution in [0.2, 0.25) is 0 Å². The monoisotopic (exact) mass is 364 g/mol. The lowest BCUT2D eigenvalue weighted by Crippen LogP contribution is -2.24. The Morgan fingerprint density at radius 1 is 1.04 bits per heavy atom. The van der Waals surface area contributed by atoms with Crippen LogP contribution in [0.1, 0.15) is 42.1 Å². The molecule has 0 bridgehead atoms. The third kappa shape index (κ3) is 3.17. The molecular weight excluding hydrogens is 340 g/mol. The van der Waals surface area contributed by atoms with Gasteiger partial charge in [-0.25, -0.2) is 0 Å². The van der Waals surface area contributed by atoms with Crippen molar-refractivity contribution >= 4 is 33.7 Å². The van der Waals surface area contributed by atoms with Crippen molar-refractivity contribution in [2.45, 2.75) is 37.8 Å². The maximum atomic E-state index is 12.3. The first-order valence-electron chi connectivity index (χ1n) is 9.28. The number of carbonyl (C=O) groups excluding carboxylic acids is 1. The molecule has 0 saturated heterocycles. The van der Waals surface area contributed by atoms with Crippen molar-refractivity contribution in [1.82, 2.24) is 4.57 Å². The minimum Gasteiger partial charge on any atom is -0.381 e. The SMILES string of the molecule is CO[C@H]1CC[C@@H](n2c3ccccc3c3ccc(C(=O)N=C(N)N)cc32)CC1. The highest BCUT2D eigenvalue weighted by Crippen LogP contribution is 2.38. The van der Waals surface area contributed by atoms with Crippen LogP contribution in [-0.2, 0) is 4.74 Å². The number of fused-ring (bicyclic) bond motifs is 3. The predicted octanol–water partition coefficient (Wildman–Crippen LogP) is 3.34. The molecule has 4 rings (SSSR count). The number of amides is 1. The molecule has 4 N–H and O–H groups in total. The van der Waals surface area contributed by atoms with Crippen LogP contribution in [0.5, 0.6) is 0 Å². The van der Waals surface area contributed by atoms with Crippen molar-refractivity contribution in [3.8, 4) is 0 Å². The number of guanidine groups is 1. The largest absolute Gasteiger partial charge is 0.381 e. The van der Waals surface area contributed by atoms with Crippen molar-refractivity contribution in [1.29, 1.82) is 0 Å². The first kappa shape index (κ1) is 17.5. The van der Waals surface area contributed by atoms with Crippen LogP contribution in [0.3, 0.4) is 0 Å². The molecule has 27 heavy (non-hydrogen) atoms. The van der Waals surface area contributed by atoms with Crippen LogP contribution in [0, 0.1) is 0 Å². The van der Waals surface area contributed by atoms with E-state index in [0.717, 1.165) is 36.6 Å². The quantitative estimate of drug-likeness (QED) is 0.550. The molecule has 1 aliphatic rings. The number of para-hydroxylation sites is 1. The van der Waals surface area contributed by atoms with E-state index < -0.39 is 5.91 Å². The molecule has 1 saturated carbocycles. The van der Waals surface area contributed by atoms with Gasteiger partial charge in [-0.15, -0.1) is 0 Å². The van der Waals surface area contributed by atoms with E-state index in [0.29, 0.717) is 17.7 Å². The summed E-state index contributed by atoms with van der Waals surface area (Å²) in [6, 6.07) is 14.5. The molecule has 1 amide bonds. The van der Waals surface area contributed by atoms with Gasteiger partial charge in [0.1, 0.15) is 0 Å². The van der Waals surface area contributed by atoms with Crippen LogP contribution in [0.15, 0.2) is 47.5 Å². The molecule has 1 aliphatic carbocycles. The molecule has 2 aromatic carbocycles. The Bertz CT molecular complexity index is 1030. The van der Waals surface area contributed by atoms with Gasteiger partial charge in [0.2, 0.25) is 0 Å². The number of rotatable bonds is 3. The van der Waals surface area contributed by atoms with Gasteiger partial charge in [0, 0.05) is 35.0 Å². The van der Waals surface area contributed by atoms with E-state index in [1.807, 2.05) is 18.2 Å². The molecule has 0 radical (unpaired) electrons. The van der Waals surface area contributed by atoms with Gasteiger partial charge in [-0.3, -0.25) is 4.79 Å². The molecule has 6 nitrogen and oxygen atoms in total. The Kier molecular flexibility index (Phi) is 4.58. The van der Waals surface area contributed by atoms with Crippen LogP contribution >= 0.6 is 0 Å². The number of hydrogen-bond donors (Lipinski definition) is 2. The number of methoxy groups -OCH3 is 1. The summed E-state index contributed by atoms with van der Waals surface area (Å²) in [6.07, 6.45) is 4.54. The summed E-state index contributed by atoms with van der Waals surface area (Å²) in [5, 5.41) is 2.34. The van der Waals surface area contributed by atoms with E-state index in [4.69, 9.17) is 16.2 Å². The summed E-state index contributed by atoms with van der Waals surface area (Å²) in [4.78, 5) is 16.0. The number of nitrogens with zero attached hydrogens (tertiary/aromatic N) is 2. The van der Waals surface area contributed by atoms with Crippen LogP contribution in [0.4, 0.5) is 0 Å². The summed E-state index contributed by atoms with van der Waals surface area (Å²) < 4.78 is 7.90. The zero-order chi connectivity index (χ0) is 19.0. The Hall–Kier alpha value is -2.86. The fourth-order valence-electron chi connectivity index (χ4n) is 4.25. The van der Waals surface area contributed by atoms with E-state index in [-0.39, 0.29) is 5.96 Å². The molecule has 0 spiro atoms. The number of hydrogen-bond acceptors (Lipinski definition) is 2. The molecule has 0 aliphatic heterocycles. The number of ether oxygens (including phenoxy) is 1. The summed E-state index contributed by atoms with van der Waals surface area (Å²) in [7, 11) is 1.78. The van der Waals surface area contributed by atoms with Gasteiger partial charge in [-0.05, 0) is 43.9 Å². The molecular formula is C21H24N4O2. The second-order valence-corrected chi connectivity index (χ2v) is 7.13. The van der Waals surface area contributed by atoms with Gasteiger partial charge in [-0.2, -0.15) is 4.99 Å². The lowest BCUT2D eigenvalue weighted by atomic mass is 9.92. The standard InChI is InChI=1S/C21H24N4O2/c1-27-15-9-7-14(8-10-15)25-18-5-3-2-4-16(18)17-11-6-13(12-19(17)25)20(26)24-21(22)23/h2-6,11-12,14-15H,7-10H2,1H3,(H4,22,23,24,26)/t14-,15+. The van der Waals surface area contributed by atoms with Crippen LogP contribution < -0.4 is 11.5 Å². The molecule has 1 fully saturated rings. The maximum Gasteiger partial charge on any atom is 0.280 e. The van der Waals surface area contributed by atoms with Gasteiger partial charge in [0.25, 0.3) is 5.91 Å². The molecule has 3 aromatic rings. The Morgan fingerprint density at radius 3 is 2.44 bits per heavy atom. The predicted molar refractivity (Wildman–Crippen MR) is 108 cm³/mol. The van der Waals surface area contributed by atoms with Gasteiger partial charge >= 0.3 is 0 Å². The van der Waals surface area contributed by atoms with E-state index in [1.54, 1.807) is 13.2 Å². The summed E-state index contributed by atoms with van der Waals surface area (Å²) in [5.74, 6) is -0.643. The third-order valence-electron chi connectivity index (χ3n) is 5.53. The number of aliphatic imine (C=N–C) groups is 1. The van der Waals surface area contributed by atoms with Gasteiger partial charge in [0.15, 0.2) is 5.96 Å². The Labute approximate surface area is 157 Å². The third-order valence-corrected chi connectivity index (χ3v) is 5.53. The van der Waals surface area contributed by atoms with Crippen LogP contribution in [0.25, 0.3) is 21.8 Å². The Balaban J connectivity index is 1.86. The van der Waals surface area contributed by atoms with E-state index in [2.05, 4.69) is 27.8 Å². The molecule has 6 heteroatoms. The van der Waals surface area contributed by atoms with Crippen molar-refractivity contribution in [2.75, 3.05) is 7.11 Å². The van der Waals surface area contributed by atoms with Gasteiger partial charge in [0.05, 0.1) is 11.6 Å². The van der Waals surface area contributed by atoms with Crippen LogP contribution in [-0.4, -0.2) is 29.6 Å². The minimum absolute atomic E-state index is 0.224. The molecule has 1 heterocycles. The average molecular weight is 364 g/mol. The summed E-state index contributed by atoms with van der Waals surface area (Å²) in [6.45, 7) is 0. The van der Waals surface area contributed by atoms with Crippen molar-refractivity contribution in [3.63, 3.8) is 0 Å². The average Bonchev–Trinajstić information content (AvgIpc) is 3.01. The molecule has 1 aromatic heterocycles. The summed E-state index contributed by atoms with van der Waals surface area (Å²) in [5.41, 5.74) is 13.5. The van der Waals surface area contributed by atoms with Gasteiger partial charge < -0.3 is 20.8 Å². The van der Waals surface area contributed by atoms with Crippen molar-refractivity contribution in [3.05, 3.63) is 48.0 Å². The lowest BCUT2D eigenvalue weighted by molar-refractivity contribution is 0.0595. The second kappa shape index (κ2) is 7.04. The number of carbonyl (C=O) groups is 1. The smallest absolute Gasteiger partial charge is 0.280 e. The zero-order valence-electron chi connectivity index (χ0n) is 15.4. The van der Waals surface area contributed by atoms with Gasteiger partial charge in [-0.1, -0.05) is 24.3 Å². The van der Waals surface area contributed by atoms with E-state index in [9.17, 15) is 4.79 Å².